The molecule has 4 bridgehead atoms. The van der Waals surface area contributed by atoms with Crippen LogP contribution in [-0.4, -0.2) is 73.6 Å². The summed E-state index contributed by atoms with van der Waals surface area (Å²) >= 11 is 0. The molecule has 3 aliphatic carbocycles. The zero-order valence-electron chi connectivity index (χ0n) is 21.7. The van der Waals surface area contributed by atoms with Crippen LogP contribution in [0.25, 0.3) is 0 Å². The third-order valence-electron chi connectivity index (χ3n) is 11.8. The summed E-state index contributed by atoms with van der Waals surface area (Å²) in [6, 6.07) is 0. The molecule has 204 valence electrons. The smallest absolute Gasteiger partial charge is 0.342 e. The highest BCUT2D eigenvalue weighted by Crippen LogP contribution is 2.73. The third kappa shape index (κ3) is 2.19. The van der Waals surface area contributed by atoms with Crippen LogP contribution in [-0.2, 0) is 33.4 Å². The molecule has 4 unspecified atom stereocenters. The molecular weight excluding hydrogens is 496 g/mol. The number of rotatable bonds is 0. The zero-order chi connectivity index (χ0) is 27.4. The molecule has 0 radical (unpaired) electrons. The summed E-state index contributed by atoms with van der Waals surface area (Å²) in [6.45, 7) is 6.53. The average molecular weight is 529 g/mol. The Bertz CT molecular complexity index is 1300. The van der Waals surface area contributed by atoms with Crippen molar-refractivity contribution >= 4 is 23.5 Å². The van der Waals surface area contributed by atoms with E-state index in [1.807, 2.05) is 0 Å². The van der Waals surface area contributed by atoms with Gasteiger partial charge >= 0.3 is 11.9 Å². The van der Waals surface area contributed by atoms with E-state index in [4.69, 9.17) is 14.2 Å². The predicted molar refractivity (Wildman–Crippen MR) is 126 cm³/mol. The normalized spacial score (nSPS) is 58.1. The number of carbonyl (C=O) groups excluding carboxylic acids is 4. The molecule has 12 atom stereocenters. The van der Waals surface area contributed by atoms with E-state index in [1.165, 1.54) is 19.1 Å². The minimum absolute atomic E-state index is 0.0287. The van der Waals surface area contributed by atoms with Gasteiger partial charge in [-0.3, -0.25) is 14.4 Å². The Hall–Kier alpha value is -2.40. The van der Waals surface area contributed by atoms with Crippen LogP contribution in [0.4, 0.5) is 0 Å². The van der Waals surface area contributed by atoms with Crippen molar-refractivity contribution in [3.8, 4) is 0 Å². The molecule has 10 heteroatoms. The van der Waals surface area contributed by atoms with Gasteiger partial charge in [0.1, 0.15) is 6.10 Å². The van der Waals surface area contributed by atoms with E-state index in [1.54, 1.807) is 26.8 Å². The molecule has 3 N–H and O–H groups in total. The highest BCUT2D eigenvalue weighted by molar-refractivity contribution is 6.01. The van der Waals surface area contributed by atoms with Crippen LogP contribution in [0.5, 0.6) is 0 Å². The van der Waals surface area contributed by atoms with Crippen molar-refractivity contribution in [3.05, 3.63) is 23.8 Å². The minimum Gasteiger partial charge on any atom is -0.458 e. The Morgan fingerprint density at radius 1 is 1.08 bits per heavy atom. The molecule has 1 spiro atoms. The van der Waals surface area contributed by atoms with Gasteiger partial charge in [0.2, 0.25) is 5.79 Å². The summed E-state index contributed by atoms with van der Waals surface area (Å²) < 4.78 is 18.0. The molecule has 4 heterocycles. The molecule has 7 aliphatic rings. The molecule has 0 aromatic heterocycles. The first kappa shape index (κ1) is 24.6. The molecule has 0 amide bonds. The van der Waals surface area contributed by atoms with Gasteiger partial charge in [-0.25, -0.2) is 4.79 Å². The lowest BCUT2D eigenvalue weighted by molar-refractivity contribution is -0.350. The standard InChI is InChI=1S/C28H32O10/c1-12-21(32)36-17-11-23(12,2)19-20(31)27(35)18-14(24(3)13(10-15(18)29)6-5-7-16(24)30)8-9-26(34)22(33)37-25(17,4)28(19,26)38-27/h5,7,10,12,14-15,17-19,29,34-35H,6,8-9,11H2,1-4H3/t12-,14?,15?,17-,18?,19?,23-,24+,25+,26-,27-,28+/m1/s1. The lowest BCUT2D eigenvalue weighted by Gasteiger charge is -2.61. The monoisotopic (exact) mass is 528 g/mol. The average Bonchev–Trinajstić information content (AvgIpc) is 3.19. The fraction of sp³-hybridized carbons (Fsp3) is 0.714. The largest absolute Gasteiger partial charge is 0.458 e. The number of fused-ring (bicyclic) bond motifs is 9. The van der Waals surface area contributed by atoms with Gasteiger partial charge in [-0.1, -0.05) is 31.6 Å². The summed E-state index contributed by atoms with van der Waals surface area (Å²) in [4.78, 5) is 54.6. The fourth-order valence-corrected chi connectivity index (χ4v) is 9.51. The Kier molecular flexibility index (Phi) is 4.31. The number of aliphatic hydroxyl groups is 3. The molecule has 4 saturated heterocycles. The number of ketones is 2. The highest BCUT2D eigenvalue weighted by Gasteiger charge is 2.92. The number of hydrogen-bond donors (Lipinski definition) is 3. The second-order valence-electron chi connectivity index (χ2n) is 13.1. The first-order valence-electron chi connectivity index (χ1n) is 13.4. The molecule has 4 aliphatic heterocycles. The maximum atomic E-state index is 14.6. The second-order valence-corrected chi connectivity index (χ2v) is 13.1. The number of aliphatic hydroxyl groups excluding tert-OH is 1. The first-order valence-corrected chi connectivity index (χ1v) is 13.4. The quantitative estimate of drug-likeness (QED) is 0.299. The van der Waals surface area contributed by atoms with Crippen LogP contribution >= 0.6 is 0 Å². The molecule has 10 nitrogen and oxygen atoms in total. The lowest BCUT2D eigenvalue weighted by atomic mass is 9.46. The SMILES string of the molecule is C[C@@H]1C(=O)O[C@@H]2C[C@@]1(C)C1C(=O)[C@]3(O)O[C@@]14[C@@](O)(CCC1C3C(O)C=C3CC=CC(=O)[C@@]31C)C(=O)O[C@@]24C. The van der Waals surface area contributed by atoms with Gasteiger partial charge in [0.25, 0.3) is 0 Å². The molecule has 0 aromatic carbocycles. The molecule has 1 saturated carbocycles. The maximum Gasteiger partial charge on any atom is 0.342 e. The van der Waals surface area contributed by atoms with E-state index in [-0.39, 0.29) is 25.0 Å². The van der Waals surface area contributed by atoms with Crippen LogP contribution < -0.4 is 0 Å². The van der Waals surface area contributed by atoms with Crippen molar-refractivity contribution in [2.45, 2.75) is 88.2 Å². The number of allylic oxidation sites excluding steroid dienone is 3. The van der Waals surface area contributed by atoms with Crippen molar-refractivity contribution in [3.63, 3.8) is 0 Å². The highest BCUT2D eigenvalue weighted by atomic mass is 16.7. The van der Waals surface area contributed by atoms with Gasteiger partial charge in [-0.2, -0.15) is 0 Å². The van der Waals surface area contributed by atoms with Crippen molar-refractivity contribution in [2.24, 2.45) is 34.5 Å². The van der Waals surface area contributed by atoms with E-state index in [0.29, 0.717) is 12.0 Å². The molecule has 7 rings (SSSR count). The van der Waals surface area contributed by atoms with E-state index in [9.17, 15) is 34.5 Å². The summed E-state index contributed by atoms with van der Waals surface area (Å²) in [5.41, 5.74) is -7.93. The Morgan fingerprint density at radius 2 is 1.79 bits per heavy atom. The van der Waals surface area contributed by atoms with Gasteiger partial charge in [-0.05, 0) is 56.9 Å². The van der Waals surface area contributed by atoms with E-state index in [2.05, 4.69) is 0 Å². The van der Waals surface area contributed by atoms with Gasteiger partial charge in [0.05, 0.1) is 29.3 Å². The molecule has 0 aromatic rings. The van der Waals surface area contributed by atoms with E-state index >= 15 is 0 Å². The van der Waals surface area contributed by atoms with Crippen molar-refractivity contribution in [2.75, 3.05) is 0 Å². The summed E-state index contributed by atoms with van der Waals surface area (Å²) in [7, 11) is 0. The number of ether oxygens (including phenoxy) is 3. The second kappa shape index (κ2) is 6.66. The molecule has 38 heavy (non-hydrogen) atoms. The van der Waals surface area contributed by atoms with Crippen LogP contribution in [0.15, 0.2) is 23.8 Å². The number of carbonyl (C=O) groups is 4. The van der Waals surface area contributed by atoms with Crippen LogP contribution in [0.1, 0.15) is 53.4 Å². The van der Waals surface area contributed by atoms with Gasteiger partial charge in [0, 0.05) is 0 Å². The van der Waals surface area contributed by atoms with E-state index < -0.39 is 87.0 Å². The first-order chi connectivity index (χ1) is 17.6. The lowest BCUT2D eigenvalue weighted by Crippen LogP contribution is -2.78. The zero-order valence-corrected chi connectivity index (χ0v) is 21.7. The maximum absolute atomic E-state index is 14.6. The summed E-state index contributed by atoms with van der Waals surface area (Å²) in [5, 5.41) is 36.1. The predicted octanol–water partition coefficient (Wildman–Crippen LogP) is 0.510. The Balaban J connectivity index is 1.52. The van der Waals surface area contributed by atoms with E-state index in [0.717, 1.165) is 0 Å². The fourth-order valence-electron chi connectivity index (χ4n) is 9.51. The summed E-state index contributed by atoms with van der Waals surface area (Å²) in [6.07, 6.45) is 2.66. The Morgan fingerprint density at radius 3 is 2.50 bits per heavy atom. The van der Waals surface area contributed by atoms with Crippen molar-refractivity contribution in [1.29, 1.82) is 0 Å². The van der Waals surface area contributed by atoms with Gasteiger partial charge < -0.3 is 29.5 Å². The van der Waals surface area contributed by atoms with Crippen LogP contribution in [0, 0.1) is 34.5 Å². The Labute approximate surface area is 219 Å². The van der Waals surface area contributed by atoms with Gasteiger partial charge in [0.15, 0.2) is 28.4 Å². The topological polar surface area (TPSA) is 157 Å². The number of esters is 2. The van der Waals surface area contributed by atoms with Crippen LogP contribution in [0.2, 0.25) is 0 Å². The molecular formula is C28H32O10. The van der Waals surface area contributed by atoms with Crippen molar-refractivity contribution in [1.82, 2.24) is 0 Å². The third-order valence-corrected chi connectivity index (χ3v) is 11.8. The van der Waals surface area contributed by atoms with Crippen molar-refractivity contribution < 1.29 is 48.7 Å². The minimum atomic E-state index is -2.67. The number of Topliss-reactive ketones (excluding diaryl/α,β-unsaturated/α-hetero) is 1. The van der Waals surface area contributed by atoms with Crippen LogP contribution in [0.3, 0.4) is 0 Å². The summed E-state index contributed by atoms with van der Waals surface area (Å²) in [5.74, 6) is -9.59. The van der Waals surface area contributed by atoms with Gasteiger partial charge in [-0.15, -0.1) is 0 Å². The molecule has 5 fully saturated rings. The number of hydrogen-bond acceptors (Lipinski definition) is 10.